The molecule has 41 heavy (non-hydrogen) atoms. The van der Waals surface area contributed by atoms with Gasteiger partial charge >= 0.3 is 12.3 Å². The van der Waals surface area contributed by atoms with Crippen LogP contribution < -0.4 is 19.1 Å². The zero-order valence-corrected chi connectivity index (χ0v) is 24.1. The Balaban J connectivity index is 2.01. The van der Waals surface area contributed by atoms with Crippen molar-refractivity contribution in [1.82, 2.24) is 4.72 Å². The van der Waals surface area contributed by atoms with Crippen LogP contribution >= 0.6 is 0 Å². The molecule has 10 nitrogen and oxygen atoms in total. The van der Waals surface area contributed by atoms with Crippen LogP contribution in [-0.2, 0) is 24.8 Å². The third kappa shape index (κ3) is 7.77. The van der Waals surface area contributed by atoms with Crippen molar-refractivity contribution in [3.8, 4) is 5.75 Å². The summed E-state index contributed by atoms with van der Waals surface area (Å²) in [4.78, 5) is 11.6. The molecule has 0 spiro atoms. The van der Waals surface area contributed by atoms with Gasteiger partial charge in [0.2, 0.25) is 15.6 Å². The smallest absolute Gasteiger partial charge is 0.427 e. The van der Waals surface area contributed by atoms with Gasteiger partial charge in [-0.05, 0) is 64.1 Å². The molecule has 1 unspecified atom stereocenters. The summed E-state index contributed by atoms with van der Waals surface area (Å²) in [6, 6.07) is 5.47. The van der Waals surface area contributed by atoms with Crippen LogP contribution in [0.1, 0.15) is 34.1 Å². The maximum Gasteiger partial charge on any atom is 0.427 e. The molecule has 1 aliphatic heterocycles. The molecule has 2 N–H and O–H groups in total. The lowest BCUT2D eigenvalue weighted by Gasteiger charge is -2.38. The fraction of sp³-hybridized carbons (Fsp3) is 0.458. The summed E-state index contributed by atoms with van der Waals surface area (Å²) in [7, 11) is -8.28. The summed E-state index contributed by atoms with van der Waals surface area (Å²) < 4.78 is 131. The number of nitrogens with zero attached hydrogens (tertiary/aromatic N) is 1. The Hall–Kier alpha value is -3.18. The number of alkyl halides is 3. The highest BCUT2D eigenvalue weighted by Gasteiger charge is 2.51. The maximum atomic E-state index is 14.0. The van der Waals surface area contributed by atoms with Crippen LogP contribution in [0.15, 0.2) is 41.3 Å². The molecular weight excluding hydrogens is 601 g/mol. The van der Waals surface area contributed by atoms with Crippen molar-refractivity contribution in [2.75, 3.05) is 22.4 Å². The van der Waals surface area contributed by atoms with Crippen molar-refractivity contribution in [3.63, 3.8) is 0 Å². The van der Waals surface area contributed by atoms with Gasteiger partial charge < -0.3 is 9.47 Å². The van der Waals surface area contributed by atoms with Gasteiger partial charge in [0.15, 0.2) is 11.6 Å². The molecule has 0 radical (unpaired) electrons. The average molecular weight is 630 g/mol. The van der Waals surface area contributed by atoms with Crippen molar-refractivity contribution in [2.24, 2.45) is 0 Å². The lowest BCUT2D eigenvalue weighted by atomic mass is 9.97. The van der Waals surface area contributed by atoms with E-state index in [2.05, 4.69) is 14.8 Å². The van der Waals surface area contributed by atoms with Crippen molar-refractivity contribution < 1.29 is 53.1 Å². The molecule has 0 aromatic heterocycles. The molecule has 1 aliphatic rings. The summed E-state index contributed by atoms with van der Waals surface area (Å²) in [6.45, 7) is 3.94. The minimum absolute atomic E-state index is 0.0395. The summed E-state index contributed by atoms with van der Waals surface area (Å²) in [5.74, 6) is -2.78. The van der Waals surface area contributed by atoms with E-state index in [1.165, 1.54) is 12.1 Å². The number of hydrogen-bond acceptors (Lipinski definition) is 7. The van der Waals surface area contributed by atoms with E-state index in [0.29, 0.717) is 26.0 Å². The maximum absolute atomic E-state index is 14.0. The number of hydrogen-bond donors (Lipinski definition) is 2. The molecule has 0 saturated heterocycles. The van der Waals surface area contributed by atoms with Gasteiger partial charge in [-0.25, -0.2) is 35.1 Å². The molecule has 2 aromatic carbocycles. The second kappa shape index (κ2) is 10.9. The summed E-state index contributed by atoms with van der Waals surface area (Å²) in [5.41, 5.74) is -4.30. The molecular formula is C24H28F5N3O7S2. The van der Waals surface area contributed by atoms with Crippen molar-refractivity contribution in [1.29, 1.82) is 0 Å². The lowest BCUT2D eigenvalue weighted by molar-refractivity contribution is -0.242. The number of fused-ring (bicyclic) bond motifs is 1. The van der Waals surface area contributed by atoms with Gasteiger partial charge in [0, 0.05) is 17.6 Å². The molecule has 228 valence electrons. The Morgan fingerprint density at radius 3 is 2.22 bits per heavy atom. The zero-order valence-electron chi connectivity index (χ0n) is 22.5. The third-order valence-electron chi connectivity index (χ3n) is 5.85. The number of carbonyl (C=O) groups excluding carboxylic acids is 1. The van der Waals surface area contributed by atoms with Gasteiger partial charge in [-0.2, -0.15) is 13.2 Å². The number of anilines is 2. The molecule has 1 atom stereocenters. The van der Waals surface area contributed by atoms with Crippen LogP contribution in [0, 0.1) is 11.6 Å². The van der Waals surface area contributed by atoms with Crippen molar-refractivity contribution in [3.05, 3.63) is 48.0 Å². The van der Waals surface area contributed by atoms with E-state index in [-0.39, 0.29) is 23.5 Å². The molecule has 17 heteroatoms. The Morgan fingerprint density at radius 2 is 1.66 bits per heavy atom. The molecule has 0 aliphatic carbocycles. The Morgan fingerprint density at radius 1 is 1.02 bits per heavy atom. The average Bonchev–Trinajstić information content (AvgIpc) is 2.77. The van der Waals surface area contributed by atoms with Crippen molar-refractivity contribution >= 4 is 37.5 Å². The fourth-order valence-corrected chi connectivity index (χ4v) is 6.63. The zero-order chi connectivity index (χ0) is 31.2. The molecule has 0 fully saturated rings. The van der Waals surface area contributed by atoms with Gasteiger partial charge in [-0.1, -0.05) is 0 Å². The lowest BCUT2D eigenvalue weighted by Crippen LogP contribution is -2.51. The first-order chi connectivity index (χ1) is 18.5. The second-order valence-corrected chi connectivity index (χ2v) is 14.1. The highest BCUT2D eigenvalue weighted by Crippen LogP contribution is 2.41. The van der Waals surface area contributed by atoms with Crippen LogP contribution in [0.4, 0.5) is 38.1 Å². The van der Waals surface area contributed by atoms with E-state index >= 15 is 0 Å². The third-order valence-corrected chi connectivity index (χ3v) is 8.55. The number of rotatable bonds is 8. The summed E-state index contributed by atoms with van der Waals surface area (Å²) >= 11 is 0. The molecule has 0 saturated carbocycles. The number of ether oxygens (including phenoxy) is 2. The molecule has 3 rings (SSSR count). The van der Waals surface area contributed by atoms with E-state index in [1.807, 2.05) is 0 Å². The largest absolute Gasteiger partial charge is 0.486 e. The Kier molecular flexibility index (Phi) is 8.60. The minimum Gasteiger partial charge on any atom is -0.486 e. The van der Waals surface area contributed by atoms with Gasteiger partial charge in [-0.3, -0.25) is 9.62 Å². The van der Waals surface area contributed by atoms with E-state index in [4.69, 9.17) is 4.74 Å². The normalized spacial score (nSPS) is 16.5. The number of amides is 1. The minimum atomic E-state index is -4.88. The number of nitrogens with one attached hydrogen (secondary N) is 2. The molecule has 1 heterocycles. The number of benzene rings is 2. The van der Waals surface area contributed by atoms with Crippen LogP contribution in [0.5, 0.6) is 5.75 Å². The number of sulfonamides is 2. The molecule has 1 amide bonds. The summed E-state index contributed by atoms with van der Waals surface area (Å²) in [6.07, 6.45) is -6.41. The van der Waals surface area contributed by atoms with E-state index in [1.54, 1.807) is 13.8 Å². The summed E-state index contributed by atoms with van der Waals surface area (Å²) in [5, 5.41) is 2.10. The second-order valence-electron chi connectivity index (χ2n) is 10.5. The van der Waals surface area contributed by atoms with Gasteiger partial charge in [0.1, 0.15) is 11.9 Å². The first kappa shape index (κ1) is 32.3. The van der Waals surface area contributed by atoms with Crippen LogP contribution in [-0.4, -0.2) is 59.1 Å². The fourth-order valence-electron chi connectivity index (χ4n) is 4.03. The Bertz CT molecular complexity index is 1550. The van der Waals surface area contributed by atoms with Gasteiger partial charge in [0.25, 0.3) is 10.0 Å². The van der Waals surface area contributed by atoms with Crippen molar-refractivity contribution in [2.45, 2.75) is 62.4 Å². The number of halogens is 5. The predicted molar refractivity (Wildman–Crippen MR) is 139 cm³/mol. The van der Waals surface area contributed by atoms with E-state index in [9.17, 15) is 43.6 Å². The molecule has 2 aromatic rings. The van der Waals surface area contributed by atoms with E-state index in [0.717, 1.165) is 22.7 Å². The van der Waals surface area contributed by atoms with Crippen LogP contribution in [0.2, 0.25) is 0 Å². The monoisotopic (exact) mass is 629 g/mol. The SMILES string of the molecule is CC(C)(CC1CN(S(=O)(=O)c2ccc(F)c(F)c2)c2cc(NC(=O)OC(C)(C)C(F)(F)F)ccc2O1)NS(C)(=O)=O. The van der Waals surface area contributed by atoms with Crippen LogP contribution in [0.3, 0.4) is 0 Å². The highest BCUT2D eigenvalue weighted by molar-refractivity contribution is 7.92. The highest BCUT2D eigenvalue weighted by atomic mass is 32.2. The quantitative estimate of drug-likeness (QED) is 0.411. The predicted octanol–water partition coefficient (Wildman–Crippen LogP) is 4.53. The van der Waals surface area contributed by atoms with Crippen LogP contribution in [0.25, 0.3) is 0 Å². The topological polar surface area (TPSA) is 131 Å². The standard InChI is InChI=1S/C24H28F5N3O7S2/c1-22(2,31-40(5,34)35)12-15-13-32(41(36,37)16-7-8-17(25)18(26)11-16)19-10-14(6-9-20(19)38-15)30-21(33)39-23(3,4)24(27,28)29/h6-11,15,31H,12-13H2,1-5H3,(H,30,33). The first-order valence-electron chi connectivity index (χ1n) is 11.8. The number of carbonyl (C=O) groups is 1. The van der Waals surface area contributed by atoms with Gasteiger partial charge in [0.05, 0.1) is 23.4 Å². The van der Waals surface area contributed by atoms with Gasteiger partial charge in [-0.15, -0.1) is 0 Å². The first-order valence-corrected chi connectivity index (χ1v) is 15.2. The Labute approximate surface area is 233 Å². The molecule has 0 bridgehead atoms. The van der Waals surface area contributed by atoms with E-state index < -0.39 is 72.6 Å².